The summed E-state index contributed by atoms with van der Waals surface area (Å²) in [5.74, 6) is -0.205. The molecule has 0 atom stereocenters. The zero-order valence-corrected chi connectivity index (χ0v) is 14.4. The van der Waals surface area contributed by atoms with Crippen LogP contribution in [-0.4, -0.2) is 35.0 Å². The topological polar surface area (TPSA) is 57.3 Å². The van der Waals surface area contributed by atoms with Crippen LogP contribution in [0.15, 0.2) is 29.6 Å². The second-order valence-electron chi connectivity index (χ2n) is 6.07. The highest BCUT2D eigenvalue weighted by Crippen LogP contribution is 2.16. The molecule has 2 amide bonds. The summed E-state index contributed by atoms with van der Waals surface area (Å²) in [6, 6.07) is 6.62. The lowest BCUT2D eigenvalue weighted by Gasteiger charge is -2.32. The van der Waals surface area contributed by atoms with E-state index < -0.39 is 0 Å². The lowest BCUT2D eigenvalue weighted by molar-refractivity contribution is 0.190. The molecule has 128 valence electrons. The van der Waals surface area contributed by atoms with Crippen LogP contribution >= 0.6 is 11.3 Å². The Hall–Kier alpha value is -1.99. The maximum Gasteiger partial charge on any atom is 0.321 e. The molecule has 1 fully saturated rings. The molecular formula is C17H21FN4OS. The molecule has 5 nitrogen and oxygen atoms in total. The number of nitrogens with one attached hydrogen (secondary N) is 2. The number of piperidine rings is 1. The third kappa shape index (κ3) is 4.75. The molecule has 0 bridgehead atoms. The minimum Gasteiger partial charge on any atom is -0.335 e. The van der Waals surface area contributed by atoms with Crippen LogP contribution in [0.5, 0.6) is 0 Å². The summed E-state index contributed by atoms with van der Waals surface area (Å²) in [7, 11) is 0. The Kier molecular flexibility index (Phi) is 5.42. The molecule has 2 N–H and O–H groups in total. The molecule has 0 aliphatic carbocycles. The molecule has 1 aliphatic heterocycles. The van der Waals surface area contributed by atoms with Gasteiger partial charge in [-0.25, -0.2) is 14.2 Å². The highest BCUT2D eigenvalue weighted by molar-refractivity contribution is 7.13. The summed E-state index contributed by atoms with van der Waals surface area (Å²) in [6.45, 7) is 4.55. The number of aromatic nitrogens is 1. The van der Waals surface area contributed by atoms with Gasteiger partial charge in [0, 0.05) is 31.1 Å². The summed E-state index contributed by atoms with van der Waals surface area (Å²) < 4.78 is 12.9. The number of benzene rings is 1. The summed E-state index contributed by atoms with van der Waals surface area (Å²) in [5.41, 5.74) is 2.02. The predicted molar refractivity (Wildman–Crippen MR) is 93.7 cm³/mol. The fourth-order valence-corrected chi connectivity index (χ4v) is 3.50. The van der Waals surface area contributed by atoms with Crippen LogP contribution in [-0.2, 0) is 6.54 Å². The molecule has 3 rings (SSSR count). The SMILES string of the molecule is Cc1csc(NC(=O)NC2CCN(Cc3ccc(F)cc3)CC2)n1. The van der Waals surface area contributed by atoms with Crippen molar-refractivity contribution in [3.63, 3.8) is 0 Å². The van der Waals surface area contributed by atoms with Gasteiger partial charge in [-0.3, -0.25) is 10.2 Å². The quantitative estimate of drug-likeness (QED) is 0.891. The number of aryl methyl sites for hydroxylation is 1. The first-order valence-corrected chi connectivity index (χ1v) is 8.93. The number of hydrogen-bond acceptors (Lipinski definition) is 4. The number of anilines is 1. The van der Waals surface area contributed by atoms with E-state index in [0.717, 1.165) is 43.7 Å². The van der Waals surface area contributed by atoms with Gasteiger partial charge in [-0.05, 0) is 37.5 Å². The molecule has 1 saturated heterocycles. The number of rotatable bonds is 4. The molecule has 0 unspecified atom stereocenters. The second-order valence-corrected chi connectivity index (χ2v) is 6.93. The Morgan fingerprint density at radius 1 is 1.33 bits per heavy atom. The van der Waals surface area contributed by atoms with Crippen LogP contribution in [0.4, 0.5) is 14.3 Å². The number of amides is 2. The largest absolute Gasteiger partial charge is 0.335 e. The normalized spacial score (nSPS) is 16.1. The molecule has 2 heterocycles. The zero-order valence-electron chi connectivity index (χ0n) is 13.6. The van der Waals surface area contributed by atoms with E-state index in [-0.39, 0.29) is 17.9 Å². The molecular weight excluding hydrogens is 327 g/mol. The minimum atomic E-state index is -0.205. The van der Waals surface area contributed by atoms with Crippen molar-refractivity contribution >= 4 is 22.5 Å². The van der Waals surface area contributed by atoms with Crippen molar-refractivity contribution in [1.82, 2.24) is 15.2 Å². The van der Waals surface area contributed by atoms with Crippen molar-refractivity contribution in [2.75, 3.05) is 18.4 Å². The van der Waals surface area contributed by atoms with Crippen LogP contribution < -0.4 is 10.6 Å². The lowest BCUT2D eigenvalue weighted by Crippen LogP contribution is -2.45. The van der Waals surface area contributed by atoms with E-state index in [1.807, 2.05) is 24.4 Å². The van der Waals surface area contributed by atoms with Crippen LogP contribution in [0.3, 0.4) is 0 Å². The van der Waals surface area contributed by atoms with Gasteiger partial charge in [0.25, 0.3) is 0 Å². The highest BCUT2D eigenvalue weighted by Gasteiger charge is 2.21. The van der Waals surface area contributed by atoms with E-state index in [1.54, 1.807) is 0 Å². The molecule has 0 saturated carbocycles. The van der Waals surface area contributed by atoms with Crippen LogP contribution in [0, 0.1) is 12.7 Å². The lowest BCUT2D eigenvalue weighted by atomic mass is 10.0. The molecule has 2 aromatic rings. The maximum absolute atomic E-state index is 12.9. The molecule has 1 aromatic carbocycles. The number of urea groups is 1. The summed E-state index contributed by atoms with van der Waals surface area (Å²) in [4.78, 5) is 18.5. The average molecular weight is 348 g/mol. The Balaban J connectivity index is 1.41. The van der Waals surface area contributed by atoms with E-state index in [4.69, 9.17) is 0 Å². The minimum absolute atomic E-state index is 0.176. The first-order chi connectivity index (χ1) is 11.6. The standard InChI is InChI=1S/C17H21FN4OS/c1-12-11-24-17(19-12)21-16(23)20-15-6-8-22(9-7-15)10-13-2-4-14(18)5-3-13/h2-5,11,15H,6-10H2,1H3,(H2,19,20,21,23). The molecule has 1 aliphatic rings. The monoisotopic (exact) mass is 348 g/mol. The zero-order chi connectivity index (χ0) is 16.9. The summed E-state index contributed by atoms with van der Waals surface area (Å²) >= 11 is 1.42. The number of halogens is 1. The summed E-state index contributed by atoms with van der Waals surface area (Å²) in [5, 5.41) is 8.31. The van der Waals surface area contributed by atoms with Gasteiger partial charge >= 0.3 is 6.03 Å². The fraction of sp³-hybridized carbons (Fsp3) is 0.412. The second kappa shape index (κ2) is 7.72. The van der Waals surface area contributed by atoms with Gasteiger partial charge in [0.1, 0.15) is 5.82 Å². The van der Waals surface area contributed by atoms with E-state index in [1.165, 1.54) is 23.5 Å². The molecule has 24 heavy (non-hydrogen) atoms. The smallest absolute Gasteiger partial charge is 0.321 e. The van der Waals surface area contributed by atoms with Crippen LogP contribution in [0.1, 0.15) is 24.1 Å². The van der Waals surface area contributed by atoms with Gasteiger partial charge in [0.2, 0.25) is 0 Å². The fourth-order valence-electron chi connectivity index (χ4n) is 2.81. The predicted octanol–water partition coefficient (Wildman–Crippen LogP) is 3.38. The Morgan fingerprint density at radius 3 is 2.67 bits per heavy atom. The van der Waals surface area contributed by atoms with Crippen molar-refractivity contribution in [1.29, 1.82) is 0 Å². The van der Waals surface area contributed by atoms with Gasteiger partial charge in [0.05, 0.1) is 5.69 Å². The molecule has 0 spiro atoms. The first kappa shape index (κ1) is 16.9. The van der Waals surface area contributed by atoms with Crippen LogP contribution in [0.2, 0.25) is 0 Å². The Bertz CT molecular complexity index is 680. The van der Waals surface area contributed by atoms with Gasteiger partial charge in [-0.2, -0.15) is 0 Å². The van der Waals surface area contributed by atoms with Crippen molar-refractivity contribution < 1.29 is 9.18 Å². The maximum atomic E-state index is 12.9. The van der Waals surface area contributed by atoms with Gasteiger partial charge < -0.3 is 5.32 Å². The third-order valence-corrected chi connectivity index (χ3v) is 4.96. The van der Waals surface area contributed by atoms with Gasteiger partial charge in [0.15, 0.2) is 5.13 Å². The van der Waals surface area contributed by atoms with Crippen LogP contribution in [0.25, 0.3) is 0 Å². The molecule has 7 heteroatoms. The number of carbonyl (C=O) groups excluding carboxylic acids is 1. The number of nitrogens with zero attached hydrogens (tertiary/aromatic N) is 2. The number of carbonyl (C=O) groups is 1. The number of likely N-dealkylation sites (tertiary alicyclic amines) is 1. The Morgan fingerprint density at radius 2 is 2.04 bits per heavy atom. The van der Waals surface area contributed by atoms with Crippen molar-refractivity contribution in [2.45, 2.75) is 32.4 Å². The molecule has 0 radical (unpaired) electrons. The van der Waals surface area contributed by atoms with E-state index in [2.05, 4.69) is 20.5 Å². The third-order valence-electron chi connectivity index (χ3n) is 4.08. The Labute approximate surface area is 144 Å². The first-order valence-electron chi connectivity index (χ1n) is 8.05. The van der Waals surface area contributed by atoms with E-state index in [0.29, 0.717) is 5.13 Å². The van der Waals surface area contributed by atoms with E-state index in [9.17, 15) is 9.18 Å². The summed E-state index contributed by atoms with van der Waals surface area (Å²) in [6.07, 6.45) is 1.82. The average Bonchev–Trinajstić information content (AvgIpc) is 2.96. The highest BCUT2D eigenvalue weighted by atomic mass is 32.1. The van der Waals surface area contributed by atoms with Crippen molar-refractivity contribution in [3.8, 4) is 0 Å². The number of hydrogen-bond donors (Lipinski definition) is 2. The van der Waals surface area contributed by atoms with Gasteiger partial charge in [-0.1, -0.05) is 12.1 Å². The van der Waals surface area contributed by atoms with Crippen molar-refractivity contribution in [3.05, 3.63) is 46.7 Å². The number of thiazole rings is 1. The van der Waals surface area contributed by atoms with E-state index >= 15 is 0 Å². The molecule has 1 aromatic heterocycles. The van der Waals surface area contributed by atoms with Crippen molar-refractivity contribution in [2.24, 2.45) is 0 Å². The van der Waals surface area contributed by atoms with Gasteiger partial charge in [-0.15, -0.1) is 11.3 Å².